The van der Waals surface area contributed by atoms with Crippen LogP contribution in [0.4, 0.5) is 4.39 Å². The molecule has 22 heavy (non-hydrogen) atoms. The molecule has 1 aromatic carbocycles. The summed E-state index contributed by atoms with van der Waals surface area (Å²) in [5.74, 6) is 0.525. The van der Waals surface area contributed by atoms with E-state index >= 15 is 0 Å². The fourth-order valence-electron chi connectivity index (χ4n) is 2.49. The predicted molar refractivity (Wildman–Crippen MR) is 90.8 cm³/mol. The van der Waals surface area contributed by atoms with Gasteiger partial charge in [0.2, 0.25) is 0 Å². The summed E-state index contributed by atoms with van der Waals surface area (Å²) in [6.07, 6.45) is 2.98. The van der Waals surface area contributed by atoms with Gasteiger partial charge in [0.1, 0.15) is 5.82 Å². The van der Waals surface area contributed by atoms with E-state index in [0.29, 0.717) is 4.47 Å². The lowest BCUT2D eigenvalue weighted by molar-refractivity contribution is 0.0243. The summed E-state index contributed by atoms with van der Waals surface area (Å²) in [4.78, 5) is 4.21. The van der Waals surface area contributed by atoms with Gasteiger partial charge in [-0.1, -0.05) is 6.07 Å². The SMILES string of the molecule is CN=C(NCCc1ccc(F)c(Br)c1)NCC1(C)CCCO1. The maximum atomic E-state index is 13.2. The van der Waals surface area contributed by atoms with Crippen LogP contribution in [0.15, 0.2) is 27.7 Å². The smallest absolute Gasteiger partial charge is 0.191 e. The van der Waals surface area contributed by atoms with Crippen LogP contribution in [0.5, 0.6) is 0 Å². The summed E-state index contributed by atoms with van der Waals surface area (Å²) in [6, 6.07) is 5.08. The van der Waals surface area contributed by atoms with Gasteiger partial charge in [0, 0.05) is 26.7 Å². The molecular formula is C16H23BrFN3O. The molecule has 1 fully saturated rings. The van der Waals surface area contributed by atoms with E-state index in [1.165, 1.54) is 6.07 Å². The lowest BCUT2D eigenvalue weighted by atomic mass is 10.0. The second-order valence-corrected chi connectivity index (χ2v) is 6.61. The summed E-state index contributed by atoms with van der Waals surface area (Å²) < 4.78 is 19.4. The Morgan fingerprint density at radius 2 is 2.27 bits per heavy atom. The number of ether oxygens (including phenoxy) is 1. The maximum Gasteiger partial charge on any atom is 0.191 e. The normalized spacial score (nSPS) is 21.9. The van der Waals surface area contributed by atoms with Crippen molar-refractivity contribution in [3.8, 4) is 0 Å². The van der Waals surface area contributed by atoms with E-state index < -0.39 is 0 Å². The van der Waals surface area contributed by atoms with Gasteiger partial charge in [-0.05, 0) is 59.8 Å². The lowest BCUT2D eigenvalue weighted by Gasteiger charge is -2.24. The zero-order chi connectivity index (χ0) is 16.0. The molecule has 0 aliphatic carbocycles. The van der Waals surface area contributed by atoms with Crippen LogP contribution in [0.1, 0.15) is 25.3 Å². The Hall–Kier alpha value is -1.14. The van der Waals surface area contributed by atoms with Gasteiger partial charge in [-0.3, -0.25) is 4.99 Å². The first-order chi connectivity index (χ1) is 10.5. The van der Waals surface area contributed by atoms with Crippen LogP contribution >= 0.6 is 15.9 Å². The number of nitrogens with one attached hydrogen (secondary N) is 2. The highest BCUT2D eigenvalue weighted by molar-refractivity contribution is 9.10. The van der Waals surface area contributed by atoms with Crippen LogP contribution in [-0.2, 0) is 11.2 Å². The van der Waals surface area contributed by atoms with E-state index in [-0.39, 0.29) is 11.4 Å². The van der Waals surface area contributed by atoms with Crippen LogP contribution in [0.3, 0.4) is 0 Å². The number of hydrogen-bond donors (Lipinski definition) is 2. The quantitative estimate of drug-likeness (QED) is 0.617. The molecule has 0 saturated carbocycles. The molecule has 0 spiro atoms. The third-order valence-electron chi connectivity index (χ3n) is 3.84. The molecule has 1 aliphatic rings. The average molecular weight is 372 g/mol. The Labute approximate surface area is 139 Å². The molecule has 0 amide bonds. The number of benzene rings is 1. The van der Waals surface area contributed by atoms with Gasteiger partial charge in [-0.15, -0.1) is 0 Å². The van der Waals surface area contributed by atoms with Crippen molar-refractivity contribution in [1.29, 1.82) is 0 Å². The monoisotopic (exact) mass is 371 g/mol. The molecule has 1 aromatic rings. The second kappa shape index (κ2) is 7.92. The molecule has 6 heteroatoms. The van der Waals surface area contributed by atoms with Gasteiger partial charge in [0.05, 0.1) is 10.1 Å². The Bertz CT molecular complexity index is 530. The average Bonchev–Trinajstić information content (AvgIpc) is 2.93. The summed E-state index contributed by atoms with van der Waals surface area (Å²) in [7, 11) is 1.75. The molecule has 0 radical (unpaired) electrons. The van der Waals surface area contributed by atoms with Gasteiger partial charge < -0.3 is 15.4 Å². The molecule has 1 unspecified atom stereocenters. The van der Waals surface area contributed by atoms with Crippen molar-refractivity contribution < 1.29 is 9.13 Å². The number of aliphatic imine (C=N–C) groups is 1. The van der Waals surface area contributed by atoms with Gasteiger partial charge in [-0.25, -0.2) is 4.39 Å². The third kappa shape index (κ3) is 4.95. The molecular weight excluding hydrogens is 349 g/mol. The zero-order valence-electron chi connectivity index (χ0n) is 13.1. The van der Waals surface area contributed by atoms with Gasteiger partial charge >= 0.3 is 0 Å². The first-order valence-corrected chi connectivity index (χ1v) is 8.34. The lowest BCUT2D eigenvalue weighted by Crippen LogP contribution is -2.45. The van der Waals surface area contributed by atoms with Crippen molar-refractivity contribution in [3.05, 3.63) is 34.1 Å². The number of halogens is 2. The maximum absolute atomic E-state index is 13.2. The zero-order valence-corrected chi connectivity index (χ0v) is 14.7. The Morgan fingerprint density at radius 3 is 2.91 bits per heavy atom. The number of rotatable bonds is 5. The number of guanidine groups is 1. The Balaban J connectivity index is 1.75. The highest BCUT2D eigenvalue weighted by Gasteiger charge is 2.29. The van der Waals surface area contributed by atoms with Gasteiger partial charge in [0.15, 0.2) is 5.96 Å². The fraction of sp³-hybridized carbons (Fsp3) is 0.562. The minimum absolute atomic E-state index is 0.0978. The molecule has 1 atom stereocenters. The van der Waals surface area contributed by atoms with Crippen molar-refractivity contribution in [2.75, 3.05) is 26.7 Å². The van der Waals surface area contributed by atoms with Crippen LogP contribution in [0.25, 0.3) is 0 Å². The summed E-state index contributed by atoms with van der Waals surface area (Å²) in [5.41, 5.74) is 0.974. The summed E-state index contributed by atoms with van der Waals surface area (Å²) >= 11 is 3.20. The van der Waals surface area contributed by atoms with Crippen LogP contribution in [-0.4, -0.2) is 38.3 Å². The highest BCUT2D eigenvalue weighted by Crippen LogP contribution is 2.23. The fourth-order valence-corrected chi connectivity index (χ4v) is 2.91. The van der Waals surface area contributed by atoms with E-state index in [1.807, 2.05) is 0 Å². The molecule has 1 aliphatic heterocycles. The molecule has 4 nitrogen and oxygen atoms in total. The van der Waals surface area contributed by atoms with Crippen LogP contribution < -0.4 is 10.6 Å². The van der Waals surface area contributed by atoms with Crippen molar-refractivity contribution >= 4 is 21.9 Å². The summed E-state index contributed by atoms with van der Waals surface area (Å²) in [6.45, 7) is 4.43. The minimum atomic E-state index is -0.237. The second-order valence-electron chi connectivity index (χ2n) is 5.75. The molecule has 122 valence electrons. The van der Waals surface area contributed by atoms with Crippen molar-refractivity contribution in [1.82, 2.24) is 10.6 Å². The van der Waals surface area contributed by atoms with E-state index in [1.54, 1.807) is 19.2 Å². The topological polar surface area (TPSA) is 45.7 Å². The standard InChI is InChI=1S/C16H23BrFN3O/c1-16(7-3-9-22-16)11-21-15(19-2)20-8-6-12-4-5-14(18)13(17)10-12/h4-5,10H,3,6-9,11H2,1-2H3,(H2,19,20,21). The Kier molecular flexibility index (Phi) is 6.20. The first-order valence-electron chi connectivity index (χ1n) is 7.55. The third-order valence-corrected chi connectivity index (χ3v) is 4.45. The molecule has 2 rings (SSSR count). The molecule has 2 N–H and O–H groups in total. The van der Waals surface area contributed by atoms with Crippen LogP contribution in [0, 0.1) is 5.82 Å². The first kappa shape index (κ1) is 17.2. The van der Waals surface area contributed by atoms with E-state index in [2.05, 4.69) is 38.5 Å². The van der Waals surface area contributed by atoms with E-state index in [4.69, 9.17) is 4.74 Å². The van der Waals surface area contributed by atoms with Crippen molar-refractivity contribution in [2.24, 2.45) is 4.99 Å². The van der Waals surface area contributed by atoms with Crippen molar-refractivity contribution in [3.63, 3.8) is 0 Å². The molecule has 1 heterocycles. The molecule has 0 aromatic heterocycles. The Morgan fingerprint density at radius 1 is 1.45 bits per heavy atom. The van der Waals surface area contributed by atoms with Gasteiger partial charge in [0.25, 0.3) is 0 Å². The summed E-state index contributed by atoms with van der Waals surface area (Å²) in [5, 5.41) is 6.57. The van der Waals surface area contributed by atoms with E-state index in [9.17, 15) is 4.39 Å². The predicted octanol–water partition coefficient (Wildman–Crippen LogP) is 2.86. The van der Waals surface area contributed by atoms with E-state index in [0.717, 1.165) is 50.5 Å². The number of nitrogens with zero attached hydrogens (tertiary/aromatic N) is 1. The van der Waals surface area contributed by atoms with Gasteiger partial charge in [-0.2, -0.15) is 0 Å². The van der Waals surface area contributed by atoms with Crippen molar-refractivity contribution in [2.45, 2.75) is 31.8 Å². The molecule has 1 saturated heterocycles. The largest absolute Gasteiger partial charge is 0.373 e. The highest BCUT2D eigenvalue weighted by atomic mass is 79.9. The number of hydrogen-bond acceptors (Lipinski definition) is 2. The molecule has 0 bridgehead atoms. The van der Waals surface area contributed by atoms with Crippen LogP contribution in [0.2, 0.25) is 0 Å². The minimum Gasteiger partial charge on any atom is -0.373 e.